The Morgan fingerprint density at radius 3 is 2.03 bits per heavy atom. The Labute approximate surface area is 238 Å². The first-order valence-electron chi connectivity index (χ1n) is 10.4. The number of non-ortho nitro benzene ring substituents is 1. The molecule has 3 aromatic rings. The average Bonchev–Trinajstić information content (AvgIpc) is 3.14. The van der Waals surface area contributed by atoms with Gasteiger partial charge in [0, 0.05) is 12.1 Å². The predicted molar refractivity (Wildman–Crippen MR) is 144 cm³/mol. The highest BCUT2D eigenvalue weighted by Gasteiger charge is 2.37. The molecule has 0 unspecified atom stereocenters. The largest absolute Gasteiger partial charge is 0.487 e. The van der Waals surface area contributed by atoms with E-state index in [9.17, 15) is 36.9 Å². The summed E-state index contributed by atoms with van der Waals surface area (Å²) in [6.07, 6.45) is 1.37. The summed E-state index contributed by atoms with van der Waals surface area (Å²) in [5.41, 5.74) is -0.436. The number of hydrogen-bond acceptors (Lipinski definition) is 5. The molecule has 38 heavy (non-hydrogen) atoms. The van der Waals surface area contributed by atoms with Crippen LogP contribution >= 0.6 is 45.2 Å². The van der Waals surface area contributed by atoms with Gasteiger partial charge in [0.05, 0.1) is 23.3 Å². The number of nitrogens with zero attached hydrogens (tertiary/aromatic N) is 3. The van der Waals surface area contributed by atoms with Crippen molar-refractivity contribution >= 4 is 74.3 Å². The van der Waals surface area contributed by atoms with Crippen molar-refractivity contribution in [3.05, 3.63) is 99.4 Å². The van der Waals surface area contributed by atoms with E-state index in [4.69, 9.17) is 4.74 Å². The van der Waals surface area contributed by atoms with Crippen molar-refractivity contribution in [3.63, 3.8) is 0 Å². The lowest BCUT2D eigenvalue weighted by Crippen LogP contribution is -2.25. The van der Waals surface area contributed by atoms with Gasteiger partial charge >= 0.3 is 0 Å². The molecule has 0 atom stereocenters. The number of halogens is 7. The van der Waals surface area contributed by atoms with Crippen LogP contribution in [0.2, 0.25) is 0 Å². The highest BCUT2D eigenvalue weighted by molar-refractivity contribution is 14.1. The van der Waals surface area contributed by atoms with Gasteiger partial charge in [0.25, 0.3) is 11.6 Å². The number of carbonyl (C=O) groups is 1. The molecule has 0 fully saturated rings. The fraction of sp³-hybridized carbons (Fsp3) is 0.0833. The summed E-state index contributed by atoms with van der Waals surface area (Å²) in [6, 6.07) is 9.18. The summed E-state index contributed by atoms with van der Waals surface area (Å²) < 4.78 is 76.4. The first-order valence-corrected chi connectivity index (χ1v) is 12.5. The van der Waals surface area contributed by atoms with Crippen LogP contribution in [0.25, 0.3) is 6.08 Å². The lowest BCUT2D eigenvalue weighted by atomic mass is 10.1. The molecule has 1 aliphatic rings. The molecule has 0 saturated heterocycles. The fourth-order valence-corrected chi connectivity index (χ4v) is 5.58. The summed E-state index contributed by atoms with van der Waals surface area (Å²) in [4.78, 5) is 23.2. The molecule has 4 rings (SSSR count). The first kappa shape index (κ1) is 27.9. The zero-order valence-corrected chi connectivity index (χ0v) is 23.2. The maximum Gasteiger partial charge on any atom is 0.280 e. The second kappa shape index (κ2) is 10.9. The minimum absolute atomic E-state index is 0.00227. The van der Waals surface area contributed by atoms with Crippen molar-refractivity contribution in [2.75, 3.05) is 5.01 Å². The Kier molecular flexibility index (Phi) is 8.01. The van der Waals surface area contributed by atoms with E-state index in [2.05, 4.69) is 5.10 Å². The third-order valence-corrected chi connectivity index (χ3v) is 6.93. The van der Waals surface area contributed by atoms with E-state index in [0.717, 1.165) is 0 Å². The molecule has 0 spiro atoms. The summed E-state index contributed by atoms with van der Waals surface area (Å²) in [6.45, 7) is 1.49. The quantitative estimate of drug-likeness (QED) is 0.0523. The van der Waals surface area contributed by atoms with Crippen LogP contribution in [0.5, 0.6) is 5.75 Å². The number of ether oxygens (including phenoxy) is 1. The molecule has 0 N–H and O–H groups in total. The average molecular weight is 755 g/mol. The number of nitro benzene ring substituents is 1. The molecule has 7 nitrogen and oxygen atoms in total. The molecule has 0 saturated carbocycles. The zero-order valence-electron chi connectivity index (χ0n) is 18.9. The third-order valence-electron chi connectivity index (χ3n) is 5.32. The monoisotopic (exact) mass is 755 g/mol. The molecular formula is C24H12F5I2N3O4. The maximum atomic E-state index is 14.3. The highest BCUT2D eigenvalue weighted by atomic mass is 127. The van der Waals surface area contributed by atoms with E-state index >= 15 is 0 Å². The zero-order chi connectivity index (χ0) is 27.9. The van der Waals surface area contributed by atoms with Crippen LogP contribution < -0.4 is 9.75 Å². The number of carbonyl (C=O) groups excluding carboxylic acids is 1. The van der Waals surface area contributed by atoms with Gasteiger partial charge in [0.2, 0.25) is 5.82 Å². The van der Waals surface area contributed by atoms with Crippen molar-refractivity contribution in [1.82, 2.24) is 0 Å². The second-order valence-corrected chi connectivity index (χ2v) is 10.1. The van der Waals surface area contributed by atoms with Gasteiger partial charge in [-0.3, -0.25) is 14.9 Å². The minimum atomic E-state index is -2.34. The highest BCUT2D eigenvalue weighted by Crippen LogP contribution is 2.35. The topological polar surface area (TPSA) is 85.0 Å². The number of hydrogen-bond donors (Lipinski definition) is 0. The number of benzene rings is 3. The number of rotatable bonds is 6. The Balaban J connectivity index is 1.59. The SMILES string of the molecule is CC1=NN(c2c(F)c(F)c(F)c(F)c2F)C(=O)/C1=C/c1cc(I)c(OCc2ccc([N+](=O)[O-])cc2)c(I)c1. The molecule has 0 radical (unpaired) electrons. The molecule has 1 amide bonds. The van der Waals surface area contributed by atoms with Crippen LogP contribution in [0, 0.1) is 46.3 Å². The minimum Gasteiger partial charge on any atom is -0.487 e. The van der Waals surface area contributed by atoms with Gasteiger partial charge in [-0.25, -0.2) is 22.0 Å². The van der Waals surface area contributed by atoms with Gasteiger partial charge in [0.15, 0.2) is 23.3 Å². The van der Waals surface area contributed by atoms with E-state index in [-0.39, 0.29) is 28.6 Å². The Morgan fingerprint density at radius 2 is 1.50 bits per heavy atom. The summed E-state index contributed by atoms with van der Waals surface area (Å²) in [5, 5.41) is 14.7. The van der Waals surface area contributed by atoms with Crippen LogP contribution in [0.15, 0.2) is 47.1 Å². The van der Waals surface area contributed by atoms with Crippen LogP contribution in [0.1, 0.15) is 18.1 Å². The van der Waals surface area contributed by atoms with E-state index < -0.39 is 45.6 Å². The summed E-state index contributed by atoms with van der Waals surface area (Å²) >= 11 is 4.01. The van der Waals surface area contributed by atoms with Crippen LogP contribution in [0.3, 0.4) is 0 Å². The van der Waals surface area contributed by atoms with Crippen LogP contribution in [0.4, 0.5) is 33.3 Å². The Hall–Kier alpha value is -3.15. The van der Waals surface area contributed by atoms with Crippen molar-refractivity contribution in [2.24, 2.45) is 5.10 Å². The van der Waals surface area contributed by atoms with Crippen molar-refractivity contribution in [2.45, 2.75) is 13.5 Å². The lowest BCUT2D eigenvalue weighted by molar-refractivity contribution is -0.384. The number of anilines is 1. The van der Waals surface area contributed by atoms with Gasteiger partial charge in [-0.05, 0) is 93.6 Å². The van der Waals surface area contributed by atoms with Crippen LogP contribution in [-0.4, -0.2) is 16.5 Å². The van der Waals surface area contributed by atoms with E-state index in [1.807, 2.05) is 45.2 Å². The maximum absolute atomic E-state index is 14.3. The third kappa shape index (κ3) is 5.23. The number of amides is 1. The van der Waals surface area contributed by atoms with Gasteiger partial charge in [-0.2, -0.15) is 10.1 Å². The number of hydrazone groups is 1. The number of nitro groups is 1. The second-order valence-electron chi connectivity index (χ2n) is 7.80. The van der Waals surface area contributed by atoms with Gasteiger partial charge < -0.3 is 4.74 Å². The summed E-state index contributed by atoms with van der Waals surface area (Å²) in [7, 11) is 0. The van der Waals surface area contributed by atoms with Gasteiger partial charge in [0.1, 0.15) is 18.0 Å². The molecular weight excluding hydrogens is 743 g/mol. The van der Waals surface area contributed by atoms with Gasteiger partial charge in [-0.15, -0.1) is 0 Å². The summed E-state index contributed by atoms with van der Waals surface area (Å²) in [5.74, 6) is -11.6. The molecule has 3 aromatic carbocycles. The van der Waals surface area contributed by atoms with E-state index in [0.29, 0.717) is 24.0 Å². The Bertz CT molecular complexity index is 1510. The molecule has 196 valence electrons. The fourth-order valence-electron chi connectivity index (χ4n) is 3.45. The van der Waals surface area contributed by atoms with Crippen molar-refractivity contribution in [3.8, 4) is 5.75 Å². The molecule has 1 heterocycles. The van der Waals surface area contributed by atoms with Crippen molar-refractivity contribution in [1.29, 1.82) is 0 Å². The first-order chi connectivity index (χ1) is 17.9. The van der Waals surface area contributed by atoms with E-state index in [1.165, 1.54) is 25.1 Å². The smallest absolute Gasteiger partial charge is 0.280 e. The van der Waals surface area contributed by atoms with Gasteiger partial charge in [-0.1, -0.05) is 0 Å². The molecule has 14 heteroatoms. The van der Waals surface area contributed by atoms with Crippen molar-refractivity contribution < 1.29 is 36.4 Å². The molecule has 0 bridgehead atoms. The van der Waals surface area contributed by atoms with Crippen LogP contribution in [-0.2, 0) is 11.4 Å². The lowest BCUT2D eigenvalue weighted by Gasteiger charge is -2.15. The normalized spacial score (nSPS) is 14.3. The standard InChI is InChI=1S/C24H12F5I2N3O4/c1-10-14(24(35)33(32-10)22-20(28)18(26)17(25)19(27)21(22)29)6-12-7-15(30)23(16(31)8-12)38-9-11-2-4-13(5-3-11)34(36)37/h2-8H,9H2,1H3/b14-6+. The molecule has 0 aromatic heterocycles. The molecule has 1 aliphatic heterocycles. The predicted octanol–water partition coefficient (Wildman–Crippen LogP) is 6.88. The Morgan fingerprint density at radius 1 is 0.974 bits per heavy atom. The van der Waals surface area contributed by atoms with E-state index in [1.54, 1.807) is 24.3 Å². The molecule has 0 aliphatic carbocycles.